The third-order valence-corrected chi connectivity index (χ3v) is 7.21. The van der Waals surface area contributed by atoms with Crippen LogP contribution in [0.25, 0.3) is 0 Å². The summed E-state index contributed by atoms with van der Waals surface area (Å²) in [4.78, 5) is 20.6. The summed E-state index contributed by atoms with van der Waals surface area (Å²) in [5.41, 5.74) is -1.05. The van der Waals surface area contributed by atoms with E-state index in [0.29, 0.717) is 0 Å². The second-order valence-corrected chi connectivity index (χ2v) is 9.93. The van der Waals surface area contributed by atoms with E-state index in [1.807, 2.05) is 0 Å². The number of aromatic hydroxyl groups is 1. The van der Waals surface area contributed by atoms with Gasteiger partial charge in [-0.25, -0.2) is 17.8 Å². The maximum absolute atomic E-state index is 14.6. The van der Waals surface area contributed by atoms with Gasteiger partial charge < -0.3 is 15.0 Å². The number of pyridine rings is 1. The Bertz CT molecular complexity index is 1290. The van der Waals surface area contributed by atoms with Gasteiger partial charge in [0.25, 0.3) is 15.9 Å². The number of rotatable bonds is 6. The number of phenols is 1. The standard InChI is InChI=1S/C20H19ClFN5O4S/c1-26-8-17(25-12-26)32(30,31)27-10-20(11-27,18-15(22)3-2-6-23-18)9-24-19(29)14-5-4-13(21)7-16(14)28/h2-8,12,28H,9-11H2,1H3,(H,24,29). The summed E-state index contributed by atoms with van der Waals surface area (Å²) in [5, 5.41) is 12.8. The maximum atomic E-state index is 14.6. The van der Waals surface area contributed by atoms with E-state index in [1.54, 1.807) is 7.05 Å². The highest BCUT2D eigenvalue weighted by atomic mass is 35.5. The Balaban J connectivity index is 1.59. The second-order valence-electron chi connectivity index (χ2n) is 7.61. The molecule has 1 amide bonds. The highest BCUT2D eigenvalue weighted by Gasteiger charge is 2.52. The first-order chi connectivity index (χ1) is 15.1. The van der Waals surface area contributed by atoms with Gasteiger partial charge in [-0.3, -0.25) is 9.78 Å². The summed E-state index contributed by atoms with van der Waals surface area (Å²) in [7, 11) is -2.24. The minimum atomic E-state index is -3.89. The van der Waals surface area contributed by atoms with Crippen LogP contribution in [-0.2, 0) is 22.5 Å². The number of carbonyl (C=O) groups excluding carboxylic acids is 1. The number of imidazole rings is 1. The highest BCUT2D eigenvalue weighted by molar-refractivity contribution is 7.89. The van der Waals surface area contributed by atoms with Crippen LogP contribution in [0.4, 0.5) is 4.39 Å². The van der Waals surface area contributed by atoms with Gasteiger partial charge in [0, 0.05) is 44.1 Å². The van der Waals surface area contributed by atoms with Gasteiger partial charge in [0.15, 0.2) is 5.03 Å². The topological polar surface area (TPSA) is 117 Å². The molecule has 1 aliphatic heterocycles. The largest absolute Gasteiger partial charge is 0.507 e. The minimum Gasteiger partial charge on any atom is -0.507 e. The molecule has 4 rings (SSSR count). The van der Waals surface area contributed by atoms with Crippen LogP contribution in [0.3, 0.4) is 0 Å². The summed E-state index contributed by atoms with van der Waals surface area (Å²) < 4.78 is 43.0. The number of aryl methyl sites for hydroxylation is 1. The molecule has 1 fully saturated rings. The van der Waals surface area contributed by atoms with E-state index >= 15 is 0 Å². The van der Waals surface area contributed by atoms with Crippen molar-refractivity contribution in [1.82, 2.24) is 24.2 Å². The van der Waals surface area contributed by atoms with Crippen LogP contribution < -0.4 is 5.32 Å². The number of aromatic nitrogens is 3. The van der Waals surface area contributed by atoms with Gasteiger partial charge in [-0.2, -0.15) is 4.31 Å². The highest BCUT2D eigenvalue weighted by Crippen LogP contribution is 2.37. The molecule has 32 heavy (non-hydrogen) atoms. The first kappa shape index (κ1) is 22.2. The summed E-state index contributed by atoms with van der Waals surface area (Å²) in [6.45, 7) is -0.310. The summed E-state index contributed by atoms with van der Waals surface area (Å²) >= 11 is 5.80. The second kappa shape index (κ2) is 8.15. The number of amides is 1. The molecular weight excluding hydrogens is 461 g/mol. The number of nitrogens with zero attached hydrogens (tertiary/aromatic N) is 4. The molecule has 0 bridgehead atoms. The van der Waals surface area contributed by atoms with Crippen molar-refractivity contribution in [1.29, 1.82) is 0 Å². The van der Waals surface area contributed by atoms with Gasteiger partial charge >= 0.3 is 0 Å². The van der Waals surface area contributed by atoms with E-state index in [2.05, 4.69) is 15.3 Å². The van der Waals surface area contributed by atoms with Crippen molar-refractivity contribution in [2.45, 2.75) is 10.4 Å². The van der Waals surface area contributed by atoms with Crippen molar-refractivity contribution < 1.29 is 22.7 Å². The molecule has 0 radical (unpaired) electrons. The molecule has 12 heteroatoms. The first-order valence-electron chi connectivity index (χ1n) is 9.48. The van der Waals surface area contributed by atoms with E-state index < -0.39 is 27.2 Å². The number of phenolic OH excluding ortho intramolecular Hbond substituents is 1. The molecule has 3 heterocycles. The lowest BCUT2D eigenvalue weighted by Crippen LogP contribution is -2.65. The molecule has 168 valence electrons. The number of hydrogen-bond acceptors (Lipinski definition) is 6. The predicted octanol–water partition coefficient (Wildman–Crippen LogP) is 1.69. The number of halogens is 2. The fourth-order valence-electron chi connectivity index (χ4n) is 3.62. The molecule has 3 aromatic rings. The van der Waals surface area contributed by atoms with Gasteiger partial charge in [0.05, 0.1) is 23.0 Å². The van der Waals surface area contributed by atoms with Crippen molar-refractivity contribution in [3.8, 4) is 5.75 Å². The van der Waals surface area contributed by atoms with Crippen molar-refractivity contribution in [3.63, 3.8) is 0 Å². The molecule has 0 spiro atoms. The summed E-state index contributed by atoms with van der Waals surface area (Å²) in [6.07, 6.45) is 4.15. The fourth-order valence-corrected chi connectivity index (χ4v) is 5.36. The van der Waals surface area contributed by atoms with Crippen LogP contribution in [0.5, 0.6) is 5.75 Å². The van der Waals surface area contributed by atoms with E-state index in [-0.39, 0.29) is 46.7 Å². The summed E-state index contributed by atoms with van der Waals surface area (Å²) in [5.74, 6) is -1.52. The van der Waals surface area contributed by atoms with E-state index in [4.69, 9.17) is 11.6 Å². The van der Waals surface area contributed by atoms with E-state index in [9.17, 15) is 22.7 Å². The van der Waals surface area contributed by atoms with Crippen LogP contribution in [0.2, 0.25) is 5.02 Å². The van der Waals surface area contributed by atoms with Crippen molar-refractivity contribution in [2.24, 2.45) is 7.05 Å². The lowest BCUT2D eigenvalue weighted by molar-refractivity contribution is 0.0892. The Morgan fingerprint density at radius 1 is 1.31 bits per heavy atom. The number of sulfonamides is 1. The number of carbonyl (C=O) groups is 1. The van der Waals surface area contributed by atoms with Gasteiger partial charge in [0.1, 0.15) is 11.6 Å². The SMILES string of the molecule is Cn1cnc(S(=O)(=O)N2CC(CNC(=O)c3ccc(Cl)cc3O)(c3ncccc3F)C2)c1. The molecule has 9 nitrogen and oxygen atoms in total. The average molecular weight is 480 g/mol. The quantitative estimate of drug-likeness (QED) is 0.555. The molecular formula is C20H19ClFN5O4S. The Labute approximate surface area is 188 Å². The molecule has 1 saturated heterocycles. The molecule has 2 aromatic heterocycles. The first-order valence-corrected chi connectivity index (χ1v) is 11.3. The zero-order valence-corrected chi connectivity index (χ0v) is 18.4. The molecule has 1 aliphatic rings. The smallest absolute Gasteiger partial charge is 0.262 e. The third kappa shape index (κ3) is 3.94. The fraction of sp³-hybridized carbons (Fsp3) is 0.250. The van der Waals surface area contributed by atoms with Gasteiger partial charge in [-0.15, -0.1) is 0 Å². The Kier molecular flexibility index (Phi) is 5.65. The van der Waals surface area contributed by atoms with Crippen LogP contribution in [0.15, 0.2) is 54.1 Å². The van der Waals surface area contributed by atoms with E-state index in [1.165, 1.54) is 53.6 Å². The van der Waals surface area contributed by atoms with Crippen molar-refractivity contribution in [3.05, 3.63) is 71.2 Å². The zero-order chi connectivity index (χ0) is 23.1. The summed E-state index contributed by atoms with van der Waals surface area (Å²) in [6, 6.07) is 6.70. The monoisotopic (exact) mass is 479 g/mol. The number of hydrogen-bond donors (Lipinski definition) is 2. The predicted molar refractivity (Wildman–Crippen MR) is 113 cm³/mol. The lowest BCUT2D eigenvalue weighted by Gasteiger charge is -2.48. The zero-order valence-electron chi connectivity index (χ0n) is 16.9. The number of benzene rings is 1. The van der Waals surface area contributed by atoms with Crippen molar-refractivity contribution in [2.75, 3.05) is 19.6 Å². The molecule has 0 atom stereocenters. The third-order valence-electron chi connectivity index (χ3n) is 5.30. The minimum absolute atomic E-state index is 0.0108. The molecule has 0 aliphatic carbocycles. The van der Waals surface area contributed by atoms with Gasteiger partial charge in [0.2, 0.25) is 0 Å². The van der Waals surface area contributed by atoms with Gasteiger partial charge in [-0.05, 0) is 30.3 Å². The molecule has 0 unspecified atom stereocenters. The Hall–Kier alpha value is -3.02. The van der Waals surface area contributed by atoms with Gasteiger partial charge in [-0.1, -0.05) is 11.6 Å². The normalized spacial score (nSPS) is 15.8. The average Bonchev–Trinajstić information content (AvgIpc) is 3.15. The Morgan fingerprint density at radius 2 is 2.06 bits per heavy atom. The lowest BCUT2D eigenvalue weighted by atomic mass is 9.77. The van der Waals surface area contributed by atoms with Crippen LogP contribution in [0.1, 0.15) is 16.1 Å². The van der Waals surface area contributed by atoms with Crippen molar-refractivity contribution >= 4 is 27.5 Å². The van der Waals surface area contributed by atoms with E-state index in [0.717, 1.165) is 4.31 Å². The molecule has 1 aromatic carbocycles. The number of nitrogens with one attached hydrogen (secondary N) is 1. The maximum Gasteiger partial charge on any atom is 0.262 e. The van der Waals surface area contributed by atoms with Crippen LogP contribution >= 0.6 is 11.6 Å². The molecule has 2 N–H and O–H groups in total. The Morgan fingerprint density at radius 3 is 2.69 bits per heavy atom. The van der Waals surface area contributed by atoms with Crippen LogP contribution in [-0.4, -0.2) is 57.9 Å². The molecule has 0 saturated carbocycles. The van der Waals surface area contributed by atoms with Crippen LogP contribution in [0, 0.1) is 5.82 Å².